The molecule has 1 aromatic rings. The molecule has 0 aromatic heterocycles. The zero-order valence-corrected chi connectivity index (χ0v) is 11.9. The van der Waals surface area contributed by atoms with Crippen LogP contribution in [-0.4, -0.2) is 23.2 Å². The Bertz CT molecular complexity index is 504. The van der Waals surface area contributed by atoms with Crippen LogP contribution in [0.15, 0.2) is 18.2 Å². The van der Waals surface area contributed by atoms with Crippen LogP contribution in [0, 0.1) is 11.6 Å². The third-order valence-corrected chi connectivity index (χ3v) is 3.81. The molecule has 1 fully saturated rings. The minimum atomic E-state index is -1.10. The molecule has 0 radical (unpaired) electrons. The van der Waals surface area contributed by atoms with Gasteiger partial charge in [0.25, 0.3) is 0 Å². The van der Waals surface area contributed by atoms with Gasteiger partial charge in [-0.25, -0.2) is 13.6 Å². The van der Waals surface area contributed by atoms with Crippen molar-refractivity contribution < 1.29 is 18.7 Å². The Labute approximate surface area is 122 Å². The van der Waals surface area contributed by atoms with E-state index in [1.54, 1.807) is 6.92 Å². The maximum absolute atomic E-state index is 13.2. The standard InChI is InChI=1S/C15H20F2N2O2/c1-9(18-15(21)19-11-4-2-3-5-11)14(20)10-6-7-12(16)13(17)8-10/h6-9,11,14,20H,2-5H2,1H3,(H2,18,19,21). The lowest BCUT2D eigenvalue weighted by Crippen LogP contribution is -2.46. The monoisotopic (exact) mass is 298 g/mol. The lowest BCUT2D eigenvalue weighted by atomic mass is 10.0. The molecule has 0 spiro atoms. The number of aliphatic hydroxyl groups is 1. The Balaban J connectivity index is 1.90. The highest BCUT2D eigenvalue weighted by atomic mass is 19.2. The maximum Gasteiger partial charge on any atom is 0.315 e. The summed E-state index contributed by atoms with van der Waals surface area (Å²) in [4.78, 5) is 11.8. The van der Waals surface area contributed by atoms with Crippen LogP contribution < -0.4 is 10.6 Å². The number of aliphatic hydroxyl groups excluding tert-OH is 1. The van der Waals surface area contributed by atoms with Gasteiger partial charge in [0.15, 0.2) is 11.6 Å². The second-order valence-electron chi connectivity index (χ2n) is 5.51. The van der Waals surface area contributed by atoms with Crippen LogP contribution >= 0.6 is 0 Å². The molecule has 116 valence electrons. The Morgan fingerprint density at radius 3 is 2.57 bits per heavy atom. The van der Waals surface area contributed by atoms with E-state index in [4.69, 9.17) is 0 Å². The zero-order chi connectivity index (χ0) is 15.4. The van der Waals surface area contributed by atoms with E-state index in [1.165, 1.54) is 6.07 Å². The lowest BCUT2D eigenvalue weighted by Gasteiger charge is -2.22. The van der Waals surface area contributed by atoms with Crippen LogP contribution in [0.3, 0.4) is 0 Å². The average molecular weight is 298 g/mol. The third kappa shape index (κ3) is 4.14. The van der Waals surface area contributed by atoms with Gasteiger partial charge in [0.2, 0.25) is 0 Å². The van der Waals surface area contributed by atoms with Gasteiger partial charge in [-0.1, -0.05) is 18.9 Å². The van der Waals surface area contributed by atoms with Crippen LogP contribution in [0.25, 0.3) is 0 Å². The molecular weight excluding hydrogens is 278 g/mol. The molecule has 6 heteroatoms. The quantitative estimate of drug-likeness (QED) is 0.800. The van der Waals surface area contributed by atoms with E-state index in [-0.39, 0.29) is 17.6 Å². The molecule has 0 heterocycles. The fourth-order valence-electron chi connectivity index (χ4n) is 2.57. The molecule has 1 aromatic carbocycles. The average Bonchev–Trinajstić information content (AvgIpc) is 2.93. The maximum atomic E-state index is 13.2. The van der Waals surface area contributed by atoms with Crippen LogP contribution in [0.1, 0.15) is 44.3 Å². The minimum absolute atomic E-state index is 0.178. The zero-order valence-electron chi connectivity index (χ0n) is 11.9. The van der Waals surface area contributed by atoms with Gasteiger partial charge in [0, 0.05) is 6.04 Å². The van der Waals surface area contributed by atoms with Gasteiger partial charge >= 0.3 is 6.03 Å². The Morgan fingerprint density at radius 1 is 1.29 bits per heavy atom. The number of urea groups is 1. The number of benzene rings is 1. The van der Waals surface area contributed by atoms with Gasteiger partial charge in [0.1, 0.15) is 0 Å². The summed E-state index contributed by atoms with van der Waals surface area (Å²) >= 11 is 0. The summed E-state index contributed by atoms with van der Waals surface area (Å²) < 4.78 is 26.0. The first-order chi connectivity index (χ1) is 9.97. The molecule has 1 aliphatic carbocycles. The van der Waals surface area contributed by atoms with Crippen molar-refractivity contribution in [1.29, 1.82) is 0 Å². The first-order valence-electron chi connectivity index (χ1n) is 7.17. The fourth-order valence-corrected chi connectivity index (χ4v) is 2.57. The normalized spacial score (nSPS) is 18.3. The summed E-state index contributed by atoms with van der Waals surface area (Å²) in [5.41, 5.74) is 0.225. The highest BCUT2D eigenvalue weighted by molar-refractivity contribution is 5.74. The van der Waals surface area contributed by atoms with Crippen LogP contribution in [0.2, 0.25) is 0 Å². The van der Waals surface area contributed by atoms with Gasteiger partial charge in [0.05, 0.1) is 12.1 Å². The number of carbonyl (C=O) groups is 1. The third-order valence-electron chi connectivity index (χ3n) is 3.81. The molecule has 2 atom stereocenters. The Morgan fingerprint density at radius 2 is 1.95 bits per heavy atom. The Kier molecular flexibility index (Phi) is 5.12. The van der Waals surface area contributed by atoms with Crippen molar-refractivity contribution >= 4 is 6.03 Å². The predicted octanol–water partition coefficient (Wildman–Crippen LogP) is 2.63. The van der Waals surface area contributed by atoms with E-state index in [2.05, 4.69) is 10.6 Å². The largest absolute Gasteiger partial charge is 0.386 e. The first-order valence-corrected chi connectivity index (χ1v) is 7.17. The molecule has 0 aliphatic heterocycles. The number of rotatable bonds is 4. The van der Waals surface area contributed by atoms with Crippen molar-refractivity contribution in [2.75, 3.05) is 0 Å². The van der Waals surface area contributed by atoms with Gasteiger partial charge in [-0.3, -0.25) is 0 Å². The smallest absolute Gasteiger partial charge is 0.315 e. The van der Waals surface area contributed by atoms with Gasteiger partial charge in [-0.05, 0) is 37.5 Å². The van der Waals surface area contributed by atoms with Crippen LogP contribution in [0.4, 0.5) is 13.6 Å². The highest BCUT2D eigenvalue weighted by Crippen LogP contribution is 2.20. The number of nitrogens with one attached hydrogen (secondary N) is 2. The molecule has 3 N–H and O–H groups in total. The summed E-state index contributed by atoms with van der Waals surface area (Å²) in [7, 11) is 0. The molecule has 2 unspecified atom stereocenters. The summed E-state index contributed by atoms with van der Waals surface area (Å²) in [6.45, 7) is 1.61. The van der Waals surface area contributed by atoms with E-state index in [0.29, 0.717) is 0 Å². The van der Waals surface area contributed by atoms with E-state index in [0.717, 1.165) is 37.8 Å². The molecule has 2 amide bonds. The van der Waals surface area contributed by atoms with Crippen LogP contribution in [-0.2, 0) is 0 Å². The first kappa shape index (κ1) is 15.7. The lowest BCUT2D eigenvalue weighted by molar-refractivity contribution is 0.136. The van der Waals surface area contributed by atoms with Crippen molar-refractivity contribution in [3.63, 3.8) is 0 Å². The predicted molar refractivity (Wildman–Crippen MR) is 74.7 cm³/mol. The van der Waals surface area contributed by atoms with Gasteiger partial charge < -0.3 is 15.7 Å². The summed E-state index contributed by atoms with van der Waals surface area (Å²) in [6.07, 6.45) is 3.05. The molecule has 21 heavy (non-hydrogen) atoms. The molecule has 1 aliphatic rings. The van der Waals surface area contributed by atoms with Crippen molar-refractivity contribution in [3.8, 4) is 0 Å². The minimum Gasteiger partial charge on any atom is -0.386 e. The van der Waals surface area contributed by atoms with E-state index in [9.17, 15) is 18.7 Å². The van der Waals surface area contributed by atoms with Gasteiger partial charge in [-0.2, -0.15) is 0 Å². The molecule has 0 saturated heterocycles. The summed E-state index contributed by atoms with van der Waals surface area (Å²) in [6, 6.07) is 2.41. The second-order valence-corrected chi connectivity index (χ2v) is 5.51. The van der Waals surface area contributed by atoms with Crippen LogP contribution in [0.5, 0.6) is 0 Å². The van der Waals surface area contributed by atoms with E-state index >= 15 is 0 Å². The van der Waals surface area contributed by atoms with E-state index in [1.807, 2.05) is 0 Å². The van der Waals surface area contributed by atoms with Crippen molar-refractivity contribution in [2.45, 2.75) is 50.8 Å². The van der Waals surface area contributed by atoms with Crippen molar-refractivity contribution in [1.82, 2.24) is 10.6 Å². The number of halogens is 2. The SMILES string of the molecule is CC(NC(=O)NC1CCCC1)C(O)c1ccc(F)c(F)c1. The topological polar surface area (TPSA) is 61.4 Å². The molecule has 0 bridgehead atoms. The summed E-state index contributed by atoms with van der Waals surface area (Å²) in [5.74, 6) is -1.99. The van der Waals surface area contributed by atoms with Crippen molar-refractivity contribution in [3.05, 3.63) is 35.4 Å². The number of hydrogen-bond acceptors (Lipinski definition) is 2. The Hall–Kier alpha value is -1.69. The molecular formula is C15H20F2N2O2. The second kappa shape index (κ2) is 6.85. The fraction of sp³-hybridized carbons (Fsp3) is 0.533. The number of hydrogen-bond donors (Lipinski definition) is 3. The highest BCUT2D eigenvalue weighted by Gasteiger charge is 2.22. The number of carbonyl (C=O) groups excluding carboxylic acids is 1. The number of amides is 2. The van der Waals surface area contributed by atoms with Crippen molar-refractivity contribution in [2.24, 2.45) is 0 Å². The molecule has 1 saturated carbocycles. The molecule has 4 nitrogen and oxygen atoms in total. The summed E-state index contributed by atoms with van der Waals surface area (Å²) in [5, 5.41) is 15.5. The molecule has 2 rings (SSSR count). The van der Waals surface area contributed by atoms with E-state index < -0.39 is 23.8 Å². The van der Waals surface area contributed by atoms with Gasteiger partial charge in [-0.15, -0.1) is 0 Å².